The van der Waals surface area contributed by atoms with Gasteiger partial charge in [-0.15, -0.1) is 0 Å². The van der Waals surface area contributed by atoms with Crippen molar-refractivity contribution in [1.82, 2.24) is 23.6 Å². The van der Waals surface area contributed by atoms with E-state index in [2.05, 4.69) is 14.7 Å². The summed E-state index contributed by atoms with van der Waals surface area (Å²) in [4.78, 5) is 30.0. The summed E-state index contributed by atoms with van der Waals surface area (Å²) in [6.45, 7) is 7.93. The molecule has 2 heterocycles. The number of nitrogens with one attached hydrogen (secondary N) is 1. The lowest BCUT2D eigenvalue weighted by atomic mass is 10.1. The Kier molecular flexibility index (Phi) is 8.54. The number of nitrogens with zero attached hydrogens (tertiary/aromatic N) is 5. The Balaban J connectivity index is 1.81. The second kappa shape index (κ2) is 12.2. The molecule has 3 aromatic carbocycles. The zero-order valence-corrected chi connectivity index (χ0v) is 25.0. The van der Waals surface area contributed by atoms with Gasteiger partial charge in [0.15, 0.2) is 5.69 Å². The van der Waals surface area contributed by atoms with Gasteiger partial charge in [0, 0.05) is 12.7 Å². The summed E-state index contributed by atoms with van der Waals surface area (Å²) in [5.41, 5.74) is -3.01. The highest BCUT2D eigenvalue weighted by molar-refractivity contribution is 7.89. The Labute approximate surface area is 260 Å². The molecule has 11 nitrogen and oxygen atoms in total. The normalized spacial score (nSPS) is 12.5. The molecule has 0 bridgehead atoms. The van der Waals surface area contributed by atoms with Crippen molar-refractivity contribution in [1.29, 1.82) is 0 Å². The number of aliphatic hydroxyl groups excluding tert-OH is 1. The molecule has 0 spiro atoms. The van der Waals surface area contributed by atoms with Crippen LogP contribution in [0.5, 0.6) is 0 Å². The Morgan fingerprint density at radius 1 is 1.00 bits per heavy atom. The largest absolute Gasteiger partial charge is 0.416 e. The van der Waals surface area contributed by atoms with Gasteiger partial charge in [0.2, 0.25) is 10.0 Å². The van der Waals surface area contributed by atoms with Crippen LogP contribution in [0.4, 0.5) is 18.9 Å². The summed E-state index contributed by atoms with van der Waals surface area (Å²) in [5, 5.41) is 14.3. The molecule has 5 aromatic rings. The van der Waals surface area contributed by atoms with Crippen LogP contribution in [0.15, 0.2) is 99.5 Å². The fourth-order valence-corrected chi connectivity index (χ4v) is 6.32. The van der Waals surface area contributed by atoms with Crippen LogP contribution in [-0.2, 0) is 23.2 Å². The van der Waals surface area contributed by atoms with E-state index in [0.717, 1.165) is 40.7 Å². The Morgan fingerprint density at radius 3 is 2.28 bits per heavy atom. The Bertz CT molecular complexity index is 2200. The van der Waals surface area contributed by atoms with Crippen LogP contribution >= 0.6 is 0 Å². The van der Waals surface area contributed by atoms with Gasteiger partial charge in [-0.05, 0) is 42.8 Å². The highest BCUT2D eigenvalue weighted by Gasteiger charge is 2.33. The minimum Gasteiger partial charge on any atom is -0.394 e. The molecule has 46 heavy (non-hydrogen) atoms. The molecule has 0 saturated carbocycles. The number of sulfonamides is 1. The van der Waals surface area contributed by atoms with Crippen LogP contribution in [0.25, 0.3) is 27.5 Å². The molecule has 0 aliphatic heterocycles. The average Bonchev–Trinajstić information content (AvgIpc) is 3.49. The smallest absolute Gasteiger partial charge is 0.394 e. The molecule has 0 aliphatic rings. The van der Waals surface area contributed by atoms with E-state index in [9.17, 15) is 36.3 Å². The Hall–Kier alpha value is -5.30. The molecule has 15 heteroatoms. The van der Waals surface area contributed by atoms with E-state index in [-0.39, 0.29) is 34.0 Å². The maximum Gasteiger partial charge on any atom is 0.416 e. The van der Waals surface area contributed by atoms with E-state index in [1.165, 1.54) is 37.3 Å². The third kappa shape index (κ3) is 5.88. The van der Waals surface area contributed by atoms with E-state index in [1.807, 2.05) is 0 Å². The summed E-state index contributed by atoms with van der Waals surface area (Å²) in [7, 11) is -3.47. The standard InChI is InChI=1S/C31H25F3N6O5S/c1-19-27(29(42)38(3)30(43)39(19)24-11-7-10-21(16-24)31(32,33)34)28-26(17-36-40(28)23-14-12-22(35-2)13-15-23)46(44,45)37-25(18-41)20-8-5-4-6-9-20/h4-17,25,37,41H,18H2,1,3H3/t25-/m1/s1. The van der Waals surface area contributed by atoms with Crippen molar-refractivity contribution in [3.05, 3.63) is 134 Å². The number of aromatic nitrogens is 4. The number of aliphatic hydroxyl groups is 1. The van der Waals surface area contributed by atoms with E-state index in [1.54, 1.807) is 30.3 Å². The summed E-state index contributed by atoms with van der Waals surface area (Å²) in [6.07, 6.45) is -3.75. The minimum absolute atomic E-state index is 0.162. The molecule has 236 valence electrons. The topological polar surface area (TPSA) is 133 Å². The number of hydrogen-bond acceptors (Lipinski definition) is 6. The lowest BCUT2D eigenvalue weighted by Gasteiger charge is -2.20. The molecule has 0 amide bonds. The first kappa shape index (κ1) is 32.1. The van der Waals surface area contributed by atoms with Gasteiger partial charge in [0.1, 0.15) is 10.6 Å². The predicted molar refractivity (Wildman–Crippen MR) is 162 cm³/mol. The van der Waals surface area contributed by atoms with Crippen molar-refractivity contribution in [3.8, 4) is 22.6 Å². The summed E-state index contributed by atoms with van der Waals surface area (Å²) < 4.78 is 73.9. The molecule has 2 aromatic heterocycles. The van der Waals surface area contributed by atoms with Gasteiger partial charge in [-0.2, -0.15) is 18.3 Å². The first-order chi connectivity index (χ1) is 21.8. The minimum atomic E-state index is -4.73. The third-order valence-corrected chi connectivity index (χ3v) is 8.77. The first-order valence-corrected chi connectivity index (χ1v) is 15.0. The average molecular weight is 651 g/mol. The van der Waals surface area contributed by atoms with Gasteiger partial charge in [-0.1, -0.05) is 48.5 Å². The van der Waals surface area contributed by atoms with Crippen molar-refractivity contribution in [2.45, 2.75) is 24.0 Å². The molecule has 0 radical (unpaired) electrons. The van der Waals surface area contributed by atoms with Gasteiger partial charge in [0.25, 0.3) is 5.56 Å². The lowest BCUT2D eigenvalue weighted by Crippen LogP contribution is -2.40. The fourth-order valence-electron chi connectivity index (χ4n) is 4.98. The first-order valence-electron chi connectivity index (χ1n) is 13.5. The monoisotopic (exact) mass is 650 g/mol. The molecular weight excluding hydrogens is 625 g/mol. The van der Waals surface area contributed by atoms with E-state index < -0.39 is 50.6 Å². The fraction of sp³-hybridized carbons (Fsp3) is 0.161. The molecule has 0 fully saturated rings. The highest BCUT2D eigenvalue weighted by atomic mass is 32.2. The molecular formula is C31H25F3N6O5S. The van der Waals surface area contributed by atoms with Crippen LogP contribution in [0, 0.1) is 13.5 Å². The van der Waals surface area contributed by atoms with Gasteiger partial charge >= 0.3 is 11.9 Å². The highest BCUT2D eigenvalue weighted by Crippen LogP contribution is 2.33. The predicted octanol–water partition coefficient (Wildman–Crippen LogP) is 4.28. The zero-order chi connectivity index (χ0) is 33.4. The van der Waals surface area contributed by atoms with Gasteiger partial charge < -0.3 is 5.11 Å². The number of benzene rings is 3. The van der Waals surface area contributed by atoms with Crippen LogP contribution in [0.2, 0.25) is 0 Å². The molecule has 0 saturated heterocycles. The van der Waals surface area contributed by atoms with Crippen molar-refractivity contribution >= 4 is 15.7 Å². The van der Waals surface area contributed by atoms with Crippen molar-refractivity contribution in [3.63, 3.8) is 0 Å². The van der Waals surface area contributed by atoms with Gasteiger partial charge in [-0.3, -0.25) is 13.9 Å². The molecule has 0 unspecified atom stereocenters. The Morgan fingerprint density at radius 2 is 1.67 bits per heavy atom. The summed E-state index contributed by atoms with van der Waals surface area (Å²) in [5.74, 6) is 0. The third-order valence-electron chi connectivity index (χ3n) is 7.29. The number of hydrogen-bond donors (Lipinski definition) is 2. The summed E-state index contributed by atoms with van der Waals surface area (Å²) >= 11 is 0. The SMILES string of the molecule is [C-]#[N+]c1ccc(-n2ncc(S(=O)(=O)N[C@H](CO)c3ccccc3)c2-c2c(C)n(-c3cccc(C(F)(F)F)c3)c(=O)n(C)c2=O)cc1. The van der Waals surface area contributed by atoms with Crippen LogP contribution in [-0.4, -0.2) is 39.0 Å². The van der Waals surface area contributed by atoms with Crippen LogP contribution < -0.4 is 16.0 Å². The molecule has 2 N–H and O–H groups in total. The molecule has 5 rings (SSSR count). The number of alkyl halides is 3. The maximum absolute atomic E-state index is 14.0. The second-order valence-electron chi connectivity index (χ2n) is 10.2. The van der Waals surface area contributed by atoms with Gasteiger partial charge in [0.05, 0.1) is 47.9 Å². The number of rotatable bonds is 8. The zero-order valence-electron chi connectivity index (χ0n) is 24.2. The van der Waals surface area contributed by atoms with Crippen molar-refractivity contribution in [2.24, 2.45) is 7.05 Å². The van der Waals surface area contributed by atoms with Crippen molar-refractivity contribution in [2.75, 3.05) is 6.61 Å². The quantitative estimate of drug-likeness (QED) is 0.241. The van der Waals surface area contributed by atoms with E-state index in [4.69, 9.17) is 6.57 Å². The molecule has 0 aliphatic carbocycles. The van der Waals surface area contributed by atoms with Crippen LogP contribution in [0.3, 0.4) is 0 Å². The van der Waals surface area contributed by atoms with Crippen LogP contribution in [0.1, 0.15) is 22.9 Å². The van der Waals surface area contributed by atoms with E-state index >= 15 is 0 Å². The summed E-state index contributed by atoms with van der Waals surface area (Å²) in [6, 6.07) is 16.9. The van der Waals surface area contributed by atoms with Crippen molar-refractivity contribution < 1.29 is 26.7 Å². The maximum atomic E-state index is 14.0. The molecule has 1 atom stereocenters. The lowest BCUT2D eigenvalue weighted by molar-refractivity contribution is -0.137. The van der Waals surface area contributed by atoms with E-state index in [0.29, 0.717) is 10.1 Å². The van der Waals surface area contributed by atoms with Gasteiger partial charge in [-0.25, -0.2) is 27.5 Å². The second-order valence-corrected chi connectivity index (χ2v) is 11.8. The number of halogens is 3.